The van der Waals surface area contributed by atoms with Crippen molar-refractivity contribution in [2.45, 2.75) is 45.7 Å². The highest BCUT2D eigenvalue weighted by Crippen LogP contribution is 2.07. The highest BCUT2D eigenvalue weighted by Gasteiger charge is 2.22. The fourth-order valence-corrected chi connectivity index (χ4v) is 2.14. The minimum absolute atomic E-state index is 0.157. The third kappa shape index (κ3) is 4.10. The lowest BCUT2D eigenvalue weighted by Crippen LogP contribution is -2.53. The van der Waals surface area contributed by atoms with Gasteiger partial charge in [0.15, 0.2) is 0 Å². The average molecular weight is 227 g/mol. The number of likely N-dealkylation sites (N-methyl/N-ethyl adjacent to an activating group) is 1. The van der Waals surface area contributed by atoms with Crippen molar-refractivity contribution >= 4 is 5.91 Å². The van der Waals surface area contributed by atoms with E-state index in [9.17, 15) is 4.79 Å². The van der Waals surface area contributed by atoms with E-state index in [1.54, 1.807) is 0 Å². The van der Waals surface area contributed by atoms with Gasteiger partial charge in [0, 0.05) is 12.1 Å². The fraction of sp³-hybridized carbons (Fsp3) is 0.917. The highest BCUT2D eigenvalue weighted by molar-refractivity contribution is 5.78. The summed E-state index contributed by atoms with van der Waals surface area (Å²) < 4.78 is 0. The Labute approximate surface area is 98.8 Å². The lowest BCUT2D eigenvalue weighted by Gasteiger charge is -2.31. The van der Waals surface area contributed by atoms with Crippen molar-refractivity contribution < 1.29 is 4.79 Å². The molecule has 2 unspecified atom stereocenters. The molecule has 0 saturated carbocycles. The van der Waals surface area contributed by atoms with Crippen LogP contribution in [0.3, 0.4) is 0 Å². The van der Waals surface area contributed by atoms with E-state index in [2.05, 4.69) is 36.3 Å². The summed E-state index contributed by atoms with van der Waals surface area (Å²) in [6.45, 7) is 9.77. The molecule has 0 radical (unpaired) electrons. The van der Waals surface area contributed by atoms with E-state index in [4.69, 9.17) is 0 Å². The molecule has 0 aromatic carbocycles. The first-order valence-corrected chi connectivity index (χ1v) is 6.42. The molecule has 1 aliphatic rings. The first kappa shape index (κ1) is 13.5. The second-order valence-corrected chi connectivity index (χ2v) is 4.52. The van der Waals surface area contributed by atoms with Crippen molar-refractivity contribution in [1.82, 2.24) is 15.5 Å². The summed E-state index contributed by atoms with van der Waals surface area (Å²) in [4.78, 5) is 13.9. The minimum atomic E-state index is 0.157. The molecule has 0 spiro atoms. The Morgan fingerprint density at radius 2 is 2.12 bits per heavy atom. The monoisotopic (exact) mass is 227 g/mol. The molecule has 1 heterocycles. The smallest absolute Gasteiger partial charge is 0.234 e. The maximum Gasteiger partial charge on any atom is 0.234 e. The van der Waals surface area contributed by atoms with Crippen molar-refractivity contribution in [2.24, 2.45) is 0 Å². The molecular formula is C12H25N3O. The Morgan fingerprint density at radius 3 is 2.69 bits per heavy atom. The summed E-state index contributed by atoms with van der Waals surface area (Å²) in [7, 11) is 0. The van der Waals surface area contributed by atoms with Crippen LogP contribution in [0, 0.1) is 0 Å². The second-order valence-electron chi connectivity index (χ2n) is 4.52. The lowest BCUT2D eigenvalue weighted by molar-refractivity contribution is -0.123. The molecule has 1 saturated heterocycles. The zero-order valence-electron chi connectivity index (χ0n) is 10.8. The first-order valence-electron chi connectivity index (χ1n) is 6.42. The van der Waals surface area contributed by atoms with Crippen molar-refractivity contribution in [3.63, 3.8) is 0 Å². The summed E-state index contributed by atoms with van der Waals surface area (Å²) in [6, 6.07) is 0.700. The standard InChI is InChI=1S/C12H25N3O/c1-4-15(5-2)9-12(16)14-11-7-6-8-13-10(11)3/h10-11,13H,4-9H2,1-3H3,(H,14,16). The molecule has 0 aliphatic carbocycles. The number of rotatable bonds is 5. The minimum Gasteiger partial charge on any atom is -0.351 e. The third-order valence-electron chi connectivity index (χ3n) is 3.37. The maximum absolute atomic E-state index is 11.8. The Hall–Kier alpha value is -0.610. The molecule has 4 heteroatoms. The predicted molar refractivity (Wildman–Crippen MR) is 66.4 cm³/mol. The van der Waals surface area contributed by atoms with Gasteiger partial charge < -0.3 is 10.6 Å². The summed E-state index contributed by atoms with van der Waals surface area (Å²) >= 11 is 0. The van der Waals surface area contributed by atoms with Gasteiger partial charge in [0.05, 0.1) is 6.54 Å². The Morgan fingerprint density at radius 1 is 1.44 bits per heavy atom. The van der Waals surface area contributed by atoms with E-state index in [0.29, 0.717) is 18.6 Å². The van der Waals surface area contributed by atoms with E-state index in [1.807, 2.05) is 0 Å². The number of hydrogen-bond acceptors (Lipinski definition) is 3. The SMILES string of the molecule is CCN(CC)CC(=O)NC1CCCNC1C. The van der Waals surface area contributed by atoms with E-state index in [-0.39, 0.29) is 5.91 Å². The van der Waals surface area contributed by atoms with Gasteiger partial charge in [0.25, 0.3) is 0 Å². The maximum atomic E-state index is 11.8. The van der Waals surface area contributed by atoms with Crippen LogP contribution >= 0.6 is 0 Å². The van der Waals surface area contributed by atoms with Crippen LogP contribution in [0.15, 0.2) is 0 Å². The van der Waals surface area contributed by atoms with Crippen LogP contribution in [0.2, 0.25) is 0 Å². The quantitative estimate of drug-likeness (QED) is 0.722. The van der Waals surface area contributed by atoms with Crippen LogP contribution in [0.4, 0.5) is 0 Å². The summed E-state index contributed by atoms with van der Waals surface area (Å²) in [5.74, 6) is 0.157. The molecule has 2 N–H and O–H groups in total. The lowest BCUT2D eigenvalue weighted by atomic mass is 10.00. The number of piperidine rings is 1. The van der Waals surface area contributed by atoms with Crippen molar-refractivity contribution in [1.29, 1.82) is 0 Å². The fourth-order valence-electron chi connectivity index (χ4n) is 2.14. The zero-order chi connectivity index (χ0) is 12.0. The van der Waals surface area contributed by atoms with E-state index >= 15 is 0 Å². The highest BCUT2D eigenvalue weighted by atomic mass is 16.2. The second kappa shape index (κ2) is 6.86. The molecule has 94 valence electrons. The number of nitrogens with zero attached hydrogens (tertiary/aromatic N) is 1. The van der Waals surface area contributed by atoms with Gasteiger partial charge in [-0.25, -0.2) is 0 Å². The van der Waals surface area contributed by atoms with Crippen molar-refractivity contribution in [3.05, 3.63) is 0 Å². The summed E-state index contributed by atoms with van der Waals surface area (Å²) in [5, 5.41) is 6.52. The largest absolute Gasteiger partial charge is 0.351 e. The van der Waals surface area contributed by atoms with Gasteiger partial charge in [-0.2, -0.15) is 0 Å². The number of amides is 1. The van der Waals surface area contributed by atoms with Crippen LogP contribution in [0.1, 0.15) is 33.6 Å². The van der Waals surface area contributed by atoms with Crippen molar-refractivity contribution in [3.8, 4) is 0 Å². The number of carbonyl (C=O) groups excluding carboxylic acids is 1. The molecule has 1 rings (SSSR count). The van der Waals surface area contributed by atoms with Crippen LogP contribution < -0.4 is 10.6 Å². The number of carbonyl (C=O) groups is 1. The van der Waals surface area contributed by atoms with Crippen LogP contribution in [-0.4, -0.2) is 49.1 Å². The van der Waals surface area contributed by atoms with E-state index in [1.165, 1.54) is 0 Å². The Kier molecular flexibility index (Phi) is 5.77. The van der Waals surface area contributed by atoms with Crippen LogP contribution in [-0.2, 0) is 4.79 Å². The molecule has 0 bridgehead atoms. The van der Waals surface area contributed by atoms with Gasteiger partial charge in [0.1, 0.15) is 0 Å². The zero-order valence-corrected chi connectivity index (χ0v) is 10.8. The van der Waals surface area contributed by atoms with Crippen LogP contribution in [0.5, 0.6) is 0 Å². The summed E-state index contributed by atoms with van der Waals surface area (Å²) in [5.41, 5.74) is 0. The average Bonchev–Trinajstić information content (AvgIpc) is 2.29. The van der Waals surface area contributed by atoms with Gasteiger partial charge in [-0.05, 0) is 39.4 Å². The molecule has 0 aromatic rings. The van der Waals surface area contributed by atoms with Gasteiger partial charge in [-0.1, -0.05) is 13.8 Å². The molecule has 0 aromatic heterocycles. The number of hydrogen-bond donors (Lipinski definition) is 2. The Balaban J connectivity index is 2.32. The van der Waals surface area contributed by atoms with E-state index < -0.39 is 0 Å². The Bertz CT molecular complexity index is 216. The molecule has 2 atom stereocenters. The molecule has 16 heavy (non-hydrogen) atoms. The molecule has 1 aliphatic heterocycles. The molecular weight excluding hydrogens is 202 g/mol. The molecule has 4 nitrogen and oxygen atoms in total. The number of nitrogens with one attached hydrogen (secondary N) is 2. The molecule has 1 fully saturated rings. The van der Waals surface area contributed by atoms with Gasteiger partial charge in [-0.3, -0.25) is 9.69 Å². The normalized spacial score (nSPS) is 25.8. The van der Waals surface area contributed by atoms with Crippen molar-refractivity contribution in [2.75, 3.05) is 26.2 Å². The topological polar surface area (TPSA) is 44.4 Å². The first-order chi connectivity index (χ1) is 7.67. The van der Waals surface area contributed by atoms with Gasteiger partial charge in [0.2, 0.25) is 5.91 Å². The van der Waals surface area contributed by atoms with Gasteiger partial charge in [-0.15, -0.1) is 0 Å². The summed E-state index contributed by atoms with van der Waals surface area (Å²) in [6.07, 6.45) is 2.25. The van der Waals surface area contributed by atoms with Crippen LogP contribution in [0.25, 0.3) is 0 Å². The van der Waals surface area contributed by atoms with Gasteiger partial charge >= 0.3 is 0 Å². The predicted octanol–water partition coefficient (Wildman–Crippen LogP) is 0.585. The third-order valence-corrected chi connectivity index (χ3v) is 3.37. The molecule has 1 amide bonds. The van der Waals surface area contributed by atoms with E-state index in [0.717, 1.165) is 32.5 Å².